The highest BCUT2D eigenvalue weighted by Gasteiger charge is 2.26. The monoisotopic (exact) mass is 497 g/mol. The van der Waals surface area contributed by atoms with Crippen molar-refractivity contribution in [1.82, 2.24) is 15.2 Å². The number of aliphatic imine (C=N–C) groups is 1. The van der Waals surface area contributed by atoms with E-state index in [0.717, 1.165) is 38.0 Å². The lowest BCUT2D eigenvalue weighted by atomic mass is 9.84. The van der Waals surface area contributed by atoms with Crippen LogP contribution in [0, 0.1) is 5.82 Å². The van der Waals surface area contributed by atoms with Crippen LogP contribution in [-0.2, 0) is 5.41 Å². The molecule has 152 valence electrons. The molecule has 0 unspecified atom stereocenters. The Balaban J connectivity index is 0.00000280. The summed E-state index contributed by atoms with van der Waals surface area (Å²) in [6, 6.07) is 13.0. The Morgan fingerprint density at radius 2 is 1.79 bits per heavy atom. The van der Waals surface area contributed by atoms with Crippen LogP contribution in [0.15, 0.2) is 53.7 Å². The number of rotatable bonds is 4. The van der Waals surface area contributed by atoms with Crippen molar-refractivity contribution in [2.75, 3.05) is 44.7 Å². The van der Waals surface area contributed by atoms with Gasteiger partial charge in [0.05, 0.1) is 0 Å². The third-order valence-corrected chi connectivity index (χ3v) is 5.06. The van der Waals surface area contributed by atoms with E-state index in [1.165, 1.54) is 6.07 Å². The molecular formula is C21H29FIN5. The van der Waals surface area contributed by atoms with Crippen LogP contribution in [-0.4, -0.2) is 55.6 Å². The Labute approximate surface area is 184 Å². The normalized spacial score (nSPS) is 15.2. The number of guanidine groups is 1. The summed E-state index contributed by atoms with van der Waals surface area (Å²) in [6.07, 6.45) is 1.83. The van der Waals surface area contributed by atoms with Crippen LogP contribution in [0.3, 0.4) is 0 Å². The highest BCUT2D eigenvalue weighted by molar-refractivity contribution is 14.0. The number of benzene rings is 1. The summed E-state index contributed by atoms with van der Waals surface area (Å²) in [5, 5.41) is 3.43. The number of hydrogen-bond acceptors (Lipinski definition) is 3. The maximum Gasteiger partial charge on any atom is 0.193 e. The van der Waals surface area contributed by atoms with Gasteiger partial charge in [-0.05, 0) is 23.8 Å². The van der Waals surface area contributed by atoms with Crippen LogP contribution in [0.4, 0.5) is 10.2 Å². The summed E-state index contributed by atoms with van der Waals surface area (Å²) in [5.41, 5.74) is 0.379. The topological polar surface area (TPSA) is 43.8 Å². The number of pyridine rings is 1. The molecule has 1 saturated heterocycles. The lowest BCUT2D eigenvalue weighted by Gasteiger charge is -2.38. The molecule has 1 fully saturated rings. The number of aromatic nitrogens is 1. The van der Waals surface area contributed by atoms with E-state index in [-0.39, 0.29) is 35.2 Å². The van der Waals surface area contributed by atoms with Crippen molar-refractivity contribution in [3.8, 4) is 0 Å². The Morgan fingerprint density at radius 3 is 2.39 bits per heavy atom. The average molecular weight is 497 g/mol. The first kappa shape index (κ1) is 22.4. The molecule has 0 spiro atoms. The SMILES string of the molecule is CN=C(NCC(C)(C)c1ccccc1F)N1CCN(c2ccccn2)CC1.I. The third kappa shape index (κ3) is 5.33. The van der Waals surface area contributed by atoms with Crippen molar-refractivity contribution in [2.45, 2.75) is 19.3 Å². The summed E-state index contributed by atoms with van der Waals surface area (Å²) in [6.45, 7) is 8.24. The van der Waals surface area contributed by atoms with E-state index in [0.29, 0.717) is 12.1 Å². The predicted octanol–water partition coefficient (Wildman–Crippen LogP) is 3.51. The highest BCUT2D eigenvalue weighted by atomic mass is 127. The number of piperazine rings is 1. The number of halogens is 2. The zero-order valence-corrected chi connectivity index (χ0v) is 19.1. The third-order valence-electron chi connectivity index (χ3n) is 5.06. The molecule has 1 aliphatic heterocycles. The van der Waals surface area contributed by atoms with E-state index in [1.807, 2.05) is 50.4 Å². The molecule has 7 heteroatoms. The minimum absolute atomic E-state index is 0. The molecule has 0 aliphatic carbocycles. The smallest absolute Gasteiger partial charge is 0.193 e. The second-order valence-corrected chi connectivity index (χ2v) is 7.43. The lowest BCUT2D eigenvalue weighted by molar-refractivity contribution is 0.364. The Kier molecular flexibility index (Phi) is 8.03. The van der Waals surface area contributed by atoms with Gasteiger partial charge in [-0.15, -0.1) is 24.0 Å². The summed E-state index contributed by atoms with van der Waals surface area (Å²) >= 11 is 0. The van der Waals surface area contributed by atoms with Gasteiger partial charge >= 0.3 is 0 Å². The minimum Gasteiger partial charge on any atom is -0.355 e. The van der Waals surface area contributed by atoms with Gasteiger partial charge in [0.1, 0.15) is 11.6 Å². The maximum atomic E-state index is 14.2. The molecule has 0 radical (unpaired) electrons. The first-order chi connectivity index (χ1) is 13.0. The Morgan fingerprint density at radius 1 is 1.11 bits per heavy atom. The number of nitrogens with one attached hydrogen (secondary N) is 1. The second kappa shape index (κ2) is 10.0. The van der Waals surface area contributed by atoms with Crippen molar-refractivity contribution in [2.24, 2.45) is 4.99 Å². The van der Waals surface area contributed by atoms with E-state index in [9.17, 15) is 4.39 Å². The van der Waals surface area contributed by atoms with Crippen molar-refractivity contribution in [1.29, 1.82) is 0 Å². The van der Waals surface area contributed by atoms with Crippen LogP contribution in [0.25, 0.3) is 0 Å². The second-order valence-electron chi connectivity index (χ2n) is 7.43. The molecule has 1 aliphatic rings. The fourth-order valence-corrected chi connectivity index (χ4v) is 3.43. The molecule has 2 aromatic rings. The molecule has 0 atom stereocenters. The largest absolute Gasteiger partial charge is 0.355 e. The summed E-state index contributed by atoms with van der Waals surface area (Å²) in [7, 11) is 1.80. The van der Waals surface area contributed by atoms with Crippen molar-refractivity contribution in [3.63, 3.8) is 0 Å². The standard InChI is InChI=1S/C21H28FN5.HI/c1-21(2,17-8-4-5-9-18(17)22)16-25-20(23-3)27-14-12-26(13-15-27)19-10-6-7-11-24-19;/h4-11H,12-16H2,1-3H3,(H,23,25);1H. The Bertz CT molecular complexity index is 773. The van der Waals surface area contributed by atoms with Crippen LogP contribution in [0.2, 0.25) is 0 Å². The molecule has 0 amide bonds. The number of hydrogen-bond donors (Lipinski definition) is 1. The molecule has 28 heavy (non-hydrogen) atoms. The minimum atomic E-state index is -0.336. The van der Waals surface area contributed by atoms with E-state index in [4.69, 9.17) is 0 Å². The quantitative estimate of drug-likeness (QED) is 0.399. The number of nitrogens with zero attached hydrogens (tertiary/aromatic N) is 4. The molecule has 2 heterocycles. The van der Waals surface area contributed by atoms with Gasteiger partial charge in [0.15, 0.2) is 5.96 Å². The Hall–Kier alpha value is -1.90. The van der Waals surface area contributed by atoms with Gasteiger partial charge in [0, 0.05) is 51.4 Å². The van der Waals surface area contributed by atoms with Crippen LogP contribution < -0.4 is 10.2 Å². The van der Waals surface area contributed by atoms with Crippen molar-refractivity contribution < 1.29 is 4.39 Å². The van der Waals surface area contributed by atoms with Gasteiger partial charge in [-0.2, -0.15) is 0 Å². The summed E-state index contributed by atoms with van der Waals surface area (Å²) < 4.78 is 14.2. The average Bonchev–Trinajstić information content (AvgIpc) is 2.70. The lowest BCUT2D eigenvalue weighted by Crippen LogP contribution is -2.54. The van der Waals surface area contributed by atoms with Crippen molar-refractivity contribution >= 4 is 35.8 Å². The molecule has 5 nitrogen and oxygen atoms in total. The van der Waals surface area contributed by atoms with Crippen molar-refractivity contribution in [3.05, 3.63) is 60.0 Å². The molecule has 0 saturated carbocycles. The fourth-order valence-electron chi connectivity index (χ4n) is 3.43. The molecule has 1 aromatic carbocycles. The zero-order valence-electron chi connectivity index (χ0n) is 16.7. The van der Waals surface area contributed by atoms with Crippen LogP contribution in [0.1, 0.15) is 19.4 Å². The highest BCUT2D eigenvalue weighted by Crippen LogP contribution is 2.25. The van der Waals surface area contributed by atoms with E-state index >= 15 is 0 Å². The van der Waals surface area contributed by atoms with Gasteiger partial charge in [-0.3, -0.25) is 4.99 Å². The molecule has 0 bridgehead atoms. The maximum absolute atomic E-state index is 14.2. The van der Waals surface area contributed by atoms with Gasteiger partial charge in [-0.25, -0.2) is 9.37 Å². The molecule has 1 N–H and O–H groups in total. The van der Waals surface area contributed by atoms with E-state index in [2.05, 4.69) is 25.1 Å². The van der Waals surface area contributed by atoms with E-state index in [1.54, 1.807) is 13.1 Å². The van der Waals surface area contributed by atoms with Gasteiger partial charge in [0.2, 0.25) is 0 Å². The first-order valence-electron chi connectivity index (χ1n) is 9.38. The number of anilines is 1. The van der Waals surface area contributed by atoms with Gasteiger partial charge < -0.3 is 15.1 Å². The molecular weight excluding hydrogens is 468 g/mol. The predicted molar refractivity (Wildman–Crippen MR) is 124 cm³/mol. The van der Waals surface area contributed by atoms with Crippen LogP contribution >= 0.6 is 24.0 Å². The fraction of sp³-hybridized carbons (Fsp3) is 0.429. The van der Waals surface area contributed by atoms with Gasteiger partial charge in [0.25, 0.3) is 0 Å². The summed E-state index contributed by atoms with van der Waals surface area (Å²) in [5.74, 6) is 1.71. The zero-order chi connectivity index (χ0) is 19.3. The first-order valence-corrected chi connectivity index (χ1v) is 9.38. The molecule has 1 aromatic heterocycles. The van der Waals surface area contributed by atoms with Gasteiger partial charge in [-0.1, -0.05) is 38.1 Å². The van der Waals surface area contributed by atoms with Crippen LogP contribution in [0.5, 0.6) is 0 Å². The van der Waals surface area contributed by atoms with E-state index < -0.39 is 0 Å². The summed E-state index contributed by atoms with van der Waals surface area (Å²) in [4.78, 5) is 13.4. The molecule has 3 rings (SSSR count).